The van der Waals surface area contributed by atoms with Crippen LogP contribution in [-0.2, 0) is 17.1 Å². The van der Waals surface area contributed by atoms with E-state index in [1.165, 1.54) is 57.0 Å². The third kappa shape index (κ3) is 5.15. The molecule has 4 aromatic carbocycles. The molecule has 0 nitrogen and oxygen atoms in total. The predicted molar refractivity (Wildman–Crippen MR) is 194 cm³/mol. The van der Waals surface area contributed by atoms with Crippen molar-refractivity contribution >= 4 is 17.6 Å². The van der Waals surface area contributed by atoms with Crippen molar-refractivity contribution in [1.82, 2.24) is 0 Å². The molecule has 0 saturated heterocycles. The molecule has 2 atom stereocenters. The van der Waals surface area contributed by atoms with Crippen molar-refractivity contribution < 1.29 is 17.1 Å². The fourth-order valence-electron chi connectivity index (χ4n) is 8.35. The van der Waals surface area contributed by atoms with Gasteiger partial charge in [-0.15, -0.1) is 0 Å². The van der Waals surface area contributed by atoms with Gasteiger partial charge in [0.15, 0.2) is 0 Å². The Morgan fingerprint density at radius 3 is 1.48 bits per heavy atom. The molecule has 0 aliphatic heterocycles. The van der Waals surface area contributed by atoms with E-state index in [9.17, 15) is 0 Å². The van der Waals surface area contributed by atoms with E-state index in [-0.39, 0.29) is 0 Å². The molecule has 44 heavy (non-hydrogen) atoms. The van der Waals surface area contributed by atoms with Crippen LogP contribution in [0.4, 0.5) is 0 Å². The molecule has 0 aromatic heterocycles. The molecule has 2 unspecified atom stereocenters. The van der Waals surface area contributed by atoms with E-state index in [0.717, 1.165) is 0 Å². The first-order valence-corrected chi connectivity index (χ1v) is 35.8. The molecule has 226 valence electrons. The Morgan fingerprint density at radius 1 is 0.636 bits per heavy atom. The summed E-state index contributed by atoms with van der Waals surface area (Å²) < 4.78 is 6.87. The summed E-state index contributed by atoms with van der Waals surface area (Å²) in [5.41, 5.74) is 13.9. The Balaban J connectivity index is 1.51. The first kappa shape index (κ1) is 31.4. The average molecular weight is 761 g/mol. The Bertz CT molecular complexity index is 1740. The first-order chi connectivity index (χ1) is 21.0. The van der Waals surface area contributed by atoms with E-state index in [0.29, 0.717) is 19.2 Å². The van der Waals surface area contributed by atoms with Crippen LogP contribution in [0.15, 0.2) is 97.1 Å². The topological polar surface area (TPSA) is 0 Å². The second-order valence-electron chi connectivity index (χ2n) is 15.0. The summed E-state index contributed by atoms with van der Waals surface area (Å²) in [5, 5.41) is 0. The Labute approximate surface area is 268 Å². The van der Waals surface area contributed by atoms with E-state index in [1.807, 2.05) is 0 Å². The molecule has 0 spiro atoms. The molecule has 0 saturated carbocycles. The second-order valence-corrected chi connectivity index (χ2v) is 62.4. The molecule has 4 aromatic rings. The van der Waals surface area contributed by atoms with Gasteiger partial charge in [0.1, 0.15) is 0 Å². The van der Waals surface area contributed by atoms with Crippen molar-refractivity contribution in [3.8, 4) is 22.3 Å². The maximum absolute atomic E-state index is 3.79. The van der Waals surface area contributed by atoms with Gasteiger partial charge in [-0.3, -0.25) is 0 Å². The summed E-state index contributed by atoms with van der Waals surface area (Å²) in [6, 6.07) is 34.3. The number of allylic oxidation sites excluding steroid dienone is 2. The van der Waals surface area contributed by atoms with Gasteiger partial charge in [0.05, 0.1) is 0 Å². The third-order valence-electron chi connectivity index (χ3n) is 11.5. The van der Waals surface area contributed by atoms with E-state index >= 15 is 0 Å². The van der Waals surface area contributed by atoms with Gasteiger partial charge in [0, 0.05) is 0 Å². The summed E-state index contributed by atoms with van der Waals surface area (Å²) in [4.78, 5) is 0. The zero-order chi connectivity index (χ0) is 31.2. The number of hydrogen-bond acceptors (Lipinski definition) is 0. The third-order valence-corrected chi connectivity index (χ3v) is 69.6. The molecule has 6 rings (SSSR count). The van der Waals surface area contributed by atoms with Gasteiger partial charge in [0.2, 0.25) is 0 Å². The van der Waals surface area contributed by atoms with E-state index in [1.54, 1.807) is 11.1 Å². The van der Waals surface area contributed by atoms with E-state index < -0.39 is 22.6 Å². The van der Waals surface area contributed by atoms with Crippen molar-refractivity contribution in [1.29, 1.82) is 0 Å². The molecule has 0 heterocycles. The summed E-state index contributed by atoms with van der Waals surface area (Å²) in [6.45, 7) is 14.3. The van der Waals surface area contributed by atoms with Crippen molar-refractivity contribution in [2.75, 3.05) is 0 Å². The normalized spacial score (nSPS) is 17.4. The summed E-state index contributed by atoms with van der Waals surface area (Å²) >= 11 is -3.79. The van der Waals surface area contributed by atoms with Crippen molar-refractivity contribution in [3.63, 3.8) is 0 Å². The van der Waals surface area contributed by atoms with Crippen LogP contribution in [0, 0.1) is 0 Å². The fraction of sp³-hybridized carbons (Fsp3) is 0.333. The van der Waals surface area contributed by atoms with Crippen LogP contribution in [0.5, 0.6) is 0 Å². The Hall–Kier alpha value is -2.55. The first-order valence-electron chi connectivity index (χ1n) is 16.9. The van der Waals surface area contributed by atoms with Crippen LogP contribution >= 0.6 is 0 Å². The second kappa shape index (κ2) is 12.0. The van der Waals surface area contributed by atoms with Gasteiger partial charge >= 0.3 is 270 Å². The van der Waals surface area contributed by atoms with E-state index in [4.69, 9.17) is 0 Å². The molecular weight excluding hydrogens is 711 g/mol. The Morgan fingerprint density at radius 2 is 1.07 bits per heavy atom. The minimum atomic E-state index is -3.79. The van der Waals surface area contributed by atoms with Crippen LogP contribution in [0.2, 0.25) is 22.0 Å². The number of benzene rings is 4. The van der Waals surface area contributed by atoms with Crippen molar-refractivity contribution in [2.45, 2.75) is 82.2 Å². The number of fused-ring (bicyclic) bond motifs is 2. The quantitative estimate of drug-likeness (QED) is 0.157. The van der Waals surface area contributed by atoms with Gasteiger partial charge in [0.25, 0.3) is 0 Å². The molecule has 2 aliphatic rings. The SMILES string of the molecule is CCC[Si](C)=[Hf]([CH3])([CH3])([CH]1C=Cc2c(-c3cccc(C(C)C)c3)cccc21)[CH]1C=Cc2c(-c3cccc(C(C)C)c3)cccc21. The summed E-state index contributed by atoms with van der Waals surface area (Å²) in [5.74, 6) is 1.06. The molecule has 0 N–H and O–H groups in total. The molecule has 0 fully saturated rings. The number of hydrogen-bond donors (Lipinski definition) is 0. The van der Waals surface area contributed by atoms with Gasteiger partial charge < -0.3 is 0 Å². The zero-order valence-electron chi connectivity index (χ0n) is 28.1. The van der Waals surface area contributed by atoms with Crippen LogP contribution in [0.25, 0.3) is 34.4 Å². The molecule has 2 heteroatoms. The van der Waals surface area contributed by atoms with Crippen LogP contribution in [0.1, 0.15) is 93.6 Å². The van der Waals surface area contributed by atoms with Crippen molar-refractivity contribution in [3.05, 3.63) is 130 Å². The van der Waals surface area contributed by atoms with Gasteiger partial charge in [-0.1, -0.05) is 0 Å². The van der Waals surface area contributed by atoms with Crippen LogP contribution in [0.3, 0.4) is 0 Å². The van der Waals surface area contributed by atoms with Gasteiger partial charge in [-0.25, -0.2) is 0 Å². The minimum absolute atomic E-state index is 0.528. The summed E-state index contributed by atoms with van der Waals surface area (Å²) in [7, 11) is 0. The maximum atomic E-state index is 2.87. The number of rotatable bonds is 8. The molecule has 0 radical (unpaired) electrons. The van der Waals surface area contributed by atoms with Gasteiger partial charge in [-0.2, -0.15) is 0 Å². The Kier molecular flexibility index (Phi) is 8.57. The molecule has 0 amide bonds. The zero-order valence-corrected chi connectivity index (χ0v) is 32.7. The standard InChI is InChI=1S/2C18H17.C4H10Si.2CH3.Hf/c2*1-13(2)15-8-3-9-16(12-15)18-11-5-7-14-6-4-10-17(14)18;1-3-4-5-2;;;/h2*3-13H,1-2H3;3-4H2,1-2H3;2*1H3;. The van der Waals surface area contributed by atoms with E-state index in [2.05, 4.69) is 160 Å². The summed E-state index contributed by atoms with van der Waals surface area (Å²) in [6.07, 6.45) is 11.6. The monoisotopic (exact) mass is 762 g/mol. The van der Waals surface area contributed by atoms with Crippen LogP contribution in [-0.4, -0.2) is 5.49 Å². The van der Waals surface area contributed by atoms with Crippen molar-refractivity contribution in [2.24, 2.45) is 0 Å². The molecule has 0 bridgehead atoms. The fourth-order valence-corrected chi connectivity index (χ4v) is 52.7. The molecule has 2 aliphatic carbocycles. The average Bonchev–Trinajstić information content (AvgIpc) is 3.67. The van der Waals surface area contributed by atoms with Gasteiger partial charge in [-0.05, 0) is 0 Å². The molecular formula is C42H50HfSi. The predicted octanol–water partition coefficient (Wildman–Crippen LogP) is 12.9. The van der Waals surface area contributed by atoms with Crippen LogP contribution < -0.4 is 0 Å².